The van der Waals surface area contributed by atoms with Gasteiger partial charge in [-0.2, -0.15) is 4.31 Å². The highest BCUT2D eigenvalue weighted by molar-refractivity contribution is 7.89. The minimum absolute atomic E-state index is 0.0572. The number of nitrogens with zero attached hydrogens (tertiary/aromatic N) is 2. The number of benzene rings is 2. The topological polar surface area (TPSA) is 116 Å². The summed E-state index contributed by atoms with van der Waals surface area (Å²) in [5.41, 5.74) is 0.906. The number of anilines is 1. The number of hydrogen-bond acceptors (Lipinski definition) is 5. The SMILES string of the molecule is CCN(CC)S(=O)(=O)c1cccc(NC(=O)CN2C(=O)N[C@]3(CCCc4ccccc43)C2=O)c1. The van der Waals surface area contributed by atoms with E-state index in [0.29, 0.717) is 19.5 Å². The van der Waals surface area contributed by atoms with Crippen molar-refractivity contribution in [3.8, 4) is 0 Å². The van der Waals surface area contributed by atoms with Gasteiger partial charge in [0.15, 0.2) is 0 Å². The minimum Gasteiger partial charge on any atom is -0.324 e. The second-order valence-corrected chi connectivity index (χ2v) is 10.3. The van der Waals surface area contributed by atoms with Gasteiger partial charge < -0.3 is 10.6 Å². The van der Waals surface area contributed by atoms with E-state index in [2.05, 4.69) is 10.6 Å². The zero-order valence-electron chi connectivity index (χ0n) is 19.2. The second-order valence-electron chi connectivity index (χ2n) is 8.40. The van der Waals surface area contributed by atoms with Crippen LogP contribution < -0.4 is 10.6 Å². The molecule has 2 aromatic rings. The van der Waals surface area contributed by atoms with E-state index in [0.717, 1.165) is 28.9 Å². The lowest BCUT2D eigenvalue weighted by molar-refractivity contribution is -0.134. The van der Waals surface area contributed by atoms with Crippen LogP contribution in [0.5, 0.6) is 0 Å². The standard InChI is InChI=1S/C24H28N4O5S/c1-3-27(4-2)34(32,33)19-12-7-11-18(15-19)25-21(29)16-28-22(30)24(26-23(28)31)14-8-10-17-9-5-6-13-20(17)24/h5-7,9,11-13,15H,3-4,8,10,14,16H2,1-2H3,(H,25,29)(H,26,31)/t24-/m0/s1. The predicted octanol–water partition coefficient (Wildman–Crippen LogP) is 2.44. The maximum atomic E-state index is 13.3. The van der Waals surface area contributed by atoms with Gasteiger partial charge in [-0.05, 0) is 48.6 Å². The first kappa shape index (κ1) is 23.9. The molecule has 1 aliphatic carbocycles. The van der Waals surface area contributed by atoms with E-state index in [1.165, 1.54) is 22.5 Å². The molecule has 4 rings (SSSR count). The average molecular weight is 485 g/mol. The first-order chi connectivity index (χ1) is 16.2. The number of fused-ring (bicyclic) bond motifs is 2. The molecule has 0 bridgehead atoms. The van der Waals surface area contributed by atoms with Crippen LogP contribution >= 0.6 is 0 Å². The third-order valence-corrected chi connectivity index (χ3v) is 8.46. The van der Waals surface area contributed by atoms with Crippen LogP contribution in [-0.4, -0.2) is 55.1 Å². The summed E-state index contributed by atoms with van der Waals surface area (Å²) in [5, 5.41) is 5.43. The van der Waals surface area contributed by atoms with Crippen LogP contribution in [0.1, 0.15) is 37.8 Å². The minimum atomic E-state index is -3.69. The molecule has 1 atom stereocenters. The molecule has 1 heterocycles. The van der Waals surface area contributed by atoms with Gasteiger partial charge in [0.05, 0.1) is 4.90 Å². The lowest BCUT2D eigenvalue weighted by Crippen LogP contribution is -2.47. The molecule has 9 nitrogen and oxygen atoms in total. The molecule has 2 aliphatic rings. The third kappa shape index (κ3) is 4.07. The van der Waals surface area contributed by atoms with Crippen molar-refractivity contribution in [3.05, 3.63) is 59.7 Å². The zero-order chi connectivity index (χ0) is 24.5. The molecule has 10 heteroatoms. The molecule has 1 fully saturated rings. The first-order valence-electron chi connectivity index (χ1n) is 11.4. The second kappa shape index (κ2) is 9.19. The van der Waals surface area contributed by atoms with Gasteiger partial charge >= 0.3 is 6.03 Å². The molecule has 34 heavy (non-hydrogen) atoms. The Morgan fingerprint density at radius 2 is 1.85 bits per heavy atom. The lowest BCUT2D eigenvalue weighted by atomic mass is 9.76. The molecule has 0 radical (unpaired) electrons. The van der Waals surface area contributed by atoms with Crippen molar-refractivity contribution in [2.24, 2.45) is 0 Å². The lowest BCUT2D eigenvalue weighted by Gasteiger charge is -2.33. The molecule has 4 amide bonds. The molecule has 180 valence electrons. The number of aryl methyl sites for hydroxylation is 1. The van der Waals surface area contributed by atoms with Gasteiger partial charge in [0, 0.05) is 18.8 Å². The number of rotatable bonds is 7. The van der Waals surface area contributed by atoms with E-state index in [4.69, 9.17) is 0 Å². The summed E-state index contributed by atoms with van der Waals surface area (Å²) in [6.07, 6.45) is 2.04. The van der Waals surface area contributed by atoms with Crippen molar-refractivity contribution >= 4 is 33.6 Å². The van der Waals surface area contributed by atoms with Crippen molar-refractivity contribution in [3.63, 3.8) is 0 Å². The summed E-state index contributed by atoms with van der Waals surface area (Å²) in [7, 11) is -3.69. The Hall–Kier alpha value is -3.24. The van der Waals surface area contributed by atoms with Gasteiger partial charge in [-0.3, -0.25) is 14.5 Å². The highest BCUT2D eigenvalue weighted by atomic mass is 32.2. The van der Waals surface area contributed by atoms with Gasteiger partial charge in [0.1, 0.15) is 12.1 Å². The van der Waals surface area contributed by atoms with Gasteiger partial charge in [-0.25, -0.2) is 13.2 Å². The molecular formula is C24H28N4O5S. The summed E-state index contributed by atoms with van der Waals surface area (Å²) in [6.45, 7) is 3.69. The van der Waals surface area contributed by atoms with Crippen LogP contribution in [0, 0.1) is 0 Å². The van der Waals surface area contributed by atoms with Gasteiger partial charge in [0.2, 0.25) is 15.9 Å². The van der Waals surface area contributed by atoms with E-state index in [1.807, 2.05) is 24.3 Å². The molecule has 1 saturated heterocycles. The van der Waals surface area contributed by atoms with Gasteiger partial charge in [0.25, 0.3) is 5.91 Å². The summed E-state index contributed by atoms with van der Waals surface area (Å²) in [4.78, 5) is 39.8. The van der Waals surface area contributed by atoms with Crippen molar-refractivity contribution in [2.45, 2.75) is 43.5 Å². The molecule has 2 N–H and O–H groups in total. The van der Waals surface area contributed by atoms with Crippen LogP contribution in [0.25, 0.3) is 0 Å². The fraction of sp³-hybridized carbons (Fsp3) is 0.375. The number of urea groups is 1. The van der Waals surface area contributed by atoms with Crippen LogP contribution in [0.15, 0.2) is 53.4 Å². The van der Waals surface area contributed by atoms with Crippen LogP contribution in [0.2, 0.25) is 0 Å². The van der Waals surface area contributed by atoms with Gasteiger partial charge in [-0.15, -0.1) is 0 Å². The van der Waals surface area contributed by atoms with E-state index < -0.39 is 40.0 Å². The Kier molecular flexibility index (Phi) is 6.46. The Morgan fingerprint density at radius 1 is 1.12 bits per heavy atom. The normalized spacial score (nSPS) is 19.9. The maximum absolute atomic E-state index is 13.3. The van der Waals surface area contributed by atoms with Crippen molar-refractivity contribution < 1.29 is 22.8 Å². The number of carbonyl (C=O) groups is 3. The predicted molar refractivity (Wildman–Crippen MR) is 126 cm³/mol. The molecule has 0 unspecified atom stereocenters. The van der Waals surface area contributed by atoms with Crippen LogP contribution in [0.4, 0.5) is 10.5 Å². The molecule has 1 spiro atoms. The maximum Gasteiger partial charge on any atom is 0.325 e. The summed E-state index contributed by atoms with van der Waals surface area (Å²) in [6, 6.07) is 12.8. The number of amides is 4. The van der Waals surface area contributed by atoms with E-state index in [1.54, 1.807) is 19.9 Å². The fourth-order valence-corrected chi connectivity index (χ4v) is 6.25. The number of carbonyl (C=O) groups excluding carboxylic acids is 3. The number of hydrogen-bond donors (Lipinski definition) is 2. The molecule has 2 aromatic carbocycles. The number of imide groups is 1. The zero-order valence-corrected chi connectivity index (χ0v) is 20.0. The highest BCUT2D eigenvalue weighted by Crippen LogP contribution is 2.39. The van der Waals surface area contributed by atoms with Gasteiger partial charge in [-0.1, -0.05) is 44.2 Å². The van der Waals surface area contributed by atoms with Crippen molar-refractivity contribution in [1.82, 2.24) is 14.5 Å². The molecule has 1 aliphatic heterocycles. The van der Waals surface area contributed by atoms with E-state index in [-0.39, 0.29) is 10.6 Å². The molecular weight excluding hydrogens is 456 g/mol. The quantitative estimate of drug-likeness (QED) is 0.586. The average Bonchev–Trinajstić information content (AvgIpc) is 3.05. The van der Waals surface area contributed by atoms with E-state index in [9.17, 15) is 22.8 Å². The third-order valence-electron chi connectivity index (χ3n) is 6.41. The largest absolute Gasteiger partial charge is 0.325 e. The fourth-order valence-electron chi connectivity index (χ4n) is 4.75. The summed E-state index contributed by atoms with van der Waals surface area (Å²) in [5.74, 6) is -1.04. The van der Waals surface area contributed by atoms with Crippen molar-refractivity contribution in [1.29, 1.82) is 0 Å². The Morgan fingerprint density at radius 3 is 2.59 bits per heavy atom. The smallest absolute Gasteiger partial charge is 0.324 e. The van der Waals surface area contributed by atoms with Crippen molar-refractivity contribution in [2.75, 3.05) is 25.0 Å². The summed E-state index contributed by atoms with van der Waals surface area (Å²) >= 11 is 0. The Bertz CT molecular complexity index is 1240. The molecule has 0 aromatic heterocycles. The number of sulfonamides is 1. The monoisotopic (exact) mass is 484 g/mol. The Labute approximate surface area is 199 Å². The van der Waals surface area contributed by atoms with Crippen LogP contribution in [-0.2, 0) is 31.6 Å². The first-order valence-corrected chi connectivity index (χ1v) is 12.8. The Balaban J connectivity index is 1.51. The highest BCUT2D eigenvalue weighted by Gasteiger charge is 2.54. The number of nitrogens with one attached hydrogen (secondary N) is 2. The van der Waals surface area contributed by atoms with E-state index >= 15 is 0 Å². The van der Waals surface area contributed by atoms with Crippen LogP contribution in [0.3, 0.4) is 0 Å². The summed E-state index contributed by atoms with van der Waals surface area (Å²) < 4.78 is 26.9. The molecule has 0 saturated carbocycles.